The lowest BCUT2D eigenvalue weighted by Crippen LogP contribution is -1.96. The summed E-state index contributed by atoms with van der Waals surface area (Å²) in [7, 11) is 0. The van der Waals surface area contributed by atoms with Gasteiger partial charge in [-0.2, -0.15) is 11.8 Å². The van der Waals surface area contributed by atoms with Gasteiger partial charge in [-0.15, -0.1) is 0 Å². The summed E-state index contributed by atoms with van der Waals surface area (Å²) in [6, 6.07) is 0. The quantitative estimate of drug-likeness (QED) is 0.554. The van der Waals surface area contributed by atoms with E-state index in [-0.39, 0.29) is 0 Å². The summed E-state index contributed by atoms with van der Waals surface area (Å²) in [6.07, 6.45) is 1.26. The topological polar surface area (TPSA) is 0 Å². The zero-order chi connectivity index (χ0) is 7.56. The van der Waals surface area contributed by atoms with Gasteiger partial charge in [0.1, 0.15) is 0 Å². The van der Waals surface area contributed by atoms with E-state index in [2.05, 4.69) is 32.5 Å². The van der Waals surface area contributed by atoms with Gasteiger partial charge in [-0.25, -0.2) is 0 Å². The molecule has 0 bridgehead atoms. The average Bonchev–Trinajstić information content (AvgIpc) is 2.33. The Morgan fingerprint density at radius 3 is 2.50 bits per heavy atom. The van der Waals surface area contributed by atoms with Crippen LogP contribution < -0.4 is 0 Å². The summed E-state index contributed by atoms with van der Waals surface area (Å²) < 4.78 is 0. The van der Waals surface area contributed by atoms with Gasteiger partial charge >= 0.3 is 0 Å². The molecule has 0 saturated heterocycles. The van der Waals surface area contributed by atoms with E-state index in [1.54, 1.807) is 11.1 Å². The van der Waals surface area contributed by atoms with Gasteiger partial charge in [-0.3, -0.25) is 0 Å². The third-order valence-corrected chi connectivity index (χ3v) is 3.18. The second kappa shape index (κ2) is 3.47. The Bertz CT molecular complexity index is 145. The summed E-state index contributed by atoms with van der Waals surface area (Å²) in [4.78, 5) is 0. The predicted octanol–water partition coefficient (Wildman–Crippen LogP) is 3.10. The van der Waals surface area contributed by atoms with Crippen LogP contribution in [0.25, 0.3) is 0 Å². The first-order valence-electron chi connectivity index (χ1n) is 4.04. The highest BCUT2D eigenvalue weighted by atomic mass is 32.2. The Kier molecular flexibility index (Phi) is 2.84. The number of hydrogen-bond donors (Lipinski definition) is 0. The number of rotatable bonds is 2. The molecule has 0 atom stereocenters. The SMILES string of the molecule is CCC1=C(C(C)C)CSC1. The lowest BCUT2D eigenvalue weighted by molar-refractivity contribution is 0.758. The van der Waals surface area contributed by atoms with Crippen molar-refractivity contribution < 1.29 is 0 Å². The maximum absolute atomic E-state index is 2.30. The highest BCUT2D eigenvalue weighted by Gasteiger charge is 2.15. The van der Waals surface area contributed by atoms with Crippen LogP contribution in [0.4, 0.5) is 0 Å². The van der Waals surface area contributed by atoms with Crippen molar-refractivity contribution in [1.82, 2.24) is 0 Å². The highest BCUT2D eigenvalue weighted by molar-refractivity contribution is 7.99. The van der Waals surface area contributed by atoms with Gasteiger partial charge in [0.25, 0.3) is 0 Å². The molecular weight excluding hydrogens is 140 g/mol. The van der Waals surface area contributed by atoms with Crippen LogP contribution in [0, 0.1) is 5.92 Å². The highest BCUT2D eigenvalue weighted by Crippen LogP contribution is 2.30. The molecule has 0 N–H and O–H groups in total. The molecule has 1 heteroatoms. The van der Waals surface area contributed by atoms with Gasteiger partial charge in [0.05, 0.1) is 0 Å². The first kappa shape index (κ1) is 8.19. The lowest BCUT2D eigenvalue weighted by Gasteiger charge is -2.07. The van der Waals surface area contributed by atoms with Gasteiger partial charge in [0.2, 0.25) is 0 Å². The summed E-state index contributed by atoms with van der Waals surface area (Å²) in [5.74, 6) is 3.37. The van der Waals surface area contributed by atoms with Crippen molar-refractivity contribution >= 4 is 11.8 Å². The fraction of sp³-hybridized carbons (Fsp3) is 0.778. The van der Waals surface area contributed by atoms with Gasteiger partial charge < -0.3 is 0 Å². The molecule has 1 rings (SSSR count). The van der Waals surface area contributed by atoms with Crippen LogP contribution in [0.15, 0.2) is 11.1 Å². The molecule has 0 saturated carbocycles. The minimum Gasteiger partial charge on any atom is -0.153 e. The summed E-state index contributed by atoms with van der Waals surface area (Å²) in [5, 5.41) is 0. The molecule has 0 aromatic rings. The fourth-order valence-corrected chi connectivity index (χ4v) is 2.88. The molecule has 0 nitrogen and oxygen atoms in total. The lowest BCUT2D eigenvalue weighted by atomic mass is 9.99. The normalized spacial score (nSPS) is 19.2. The molecule has 1 aliphatic rings. The Labute approximate surface area is 68.1 Å². The van der Waals surface area contributed by atoms with Crippen molar-refractivity contribution in [2.45, 2.75) is 27.2 Å². The van der Waals surface area contributed by atoms with E-state index < -0.39 is 0 Å². The first-order valence-corrected chi connectivity index (χ1v) is 5.19. The van der Waals surface area contributed by atoms with E-state index in [0.29, 0.717) is 0 Å². The van der Waals surface area contributed by atoms with Crippen LogP contribution in [0.5, 0.6) is 0 Å². The van der Waals surface area contributed by atoms with E-state index in [1.807, 2.05) is 0 Å². The molecule has 0 aliphatic carbocycles. The Morgan fingerprint density at radius 2 is 2.10 bits per heavy atom. The molecule has 0 fully saturated rings. The third-order valence-electron chi connectivity index (χ3n) is 2.11. The van der Waals surface area contributed by atoms with Crippen molar-refractivity contribution in [2.24, 2.45) is 5.92 Å². The zero-order valence-electron chi connectivity index (χ0n) is 7.11. The van der Waals surface area contributed by atoms with Gasteiger partial charge in [-0.05, 0) is 12.3 Å². The molecule has 0 amide bonds. The molecule has 0 unspecified atom stereocenters. The second-order valence-corrected chi connectivity index (χ2v) is 4.12. The Morgan fingerprint density at radius 1 is 1.40 bits per heavy atom. The van der Waals surface area contributed by atoms with Crippen LogP contribution >= 0.6 is 11.8 Å². The second-order valence-electron chi connectivity index (χ2n) is 3.13. The van der Waals surface area contributed by atoms with Crippen molar-refractivity contribution in [3.63, 3.8) is 0 Å². The standard InChI is InChI=1S/C9H16S/c1-4-8-5-10-6-9(8)7(2)3/h7H,4-6H2,1-3H3. The van der Waals surface area contributed by atoms with Crippen molar-refractivity contribution in [2.75, 3.05) is 11.5 Å². The van der Waals surface area contributed by atoms with Crippen LogP contribution in [0.2, 0.25) is 0 Å². The minimum atomic E-state index is 0.782. The van der Waals surface area contributed by atoms with Crippen LogP contribution in [0.3, 0.4) is 0 Å². The largest absolute Gasteiger partial charge is 0.153 e. The summed E-state index contributed by atoms with van der Waals surface area (Å²) in [5.41, 5.74) is 3.42. The van der Waals surface area contributed by atoms with Crippen LogP contribution in [0.1, 0.15) is 27.2 Å². The van der Waals surface area contributed by atoms with Crippen LogP contribution in [-0.4, -0.2) is 11.5 Å². The maximum Gasteiger partial charge on any atom is 0.0152 e. The minimum absolute atomic E-state index is 0.782. The van der Waals surface area contributed by atoms with Crippen molar-refractivity contribution in [3.05, 3.63) is 11.1 Å². The smallest absolute Gasteiger partial charge is 0.0152 e. The molecule has 1 heterocycles. The van der Waals surface area contributed by atoms with Crippen molar-refractivity contribution in [3.8, 4) is 0 Å². The number of thioether (sulfide) groups is 1. The maximum atomic E-state index is 2.30. The molecule has 0 aromatic carbocycles. The van der Waals surface area contributed by atoms with E-state index in [4.69, 9.17) is 0 Å². The van der Waals surface area contributed by atoms with Gasteiger partial charge in [-0.1, -0.05) is 31.9 Å². The van der Waals surface area contributed by atoms with E-state index in [9.17, 15) is 0 Å². The molecule has 1 aliphatic heterocycles. The molecular formula is C9H16S. The molecule has 0 spiro atoms. The molecule has 10 heavy (non-hydrogen) atoms. The van der Waals surface area contributed by atoms with E-state index in [1.165, 1.54) is 17.9 Å². The van der Waals surface area contributed by atoms with Crippen LogP contribution in [-0.2, 0) is 0 Å². The summed E-state index contributed by atoms with van der Waals surface area (Å²) >= 11 is 2.07. The zero-order valence-corrected chi connectivity index (χ0v) is 7.92. The third kappa shape index (κ3) is 1.57. The number of hydrogen-bond acceptors (Lipinski definition) is 1. The Balaban J connectivity index is 2.68. The average molecular weight is 156 g/mol. The molecule has 0 aromatic heterocycles. The Hall–Kier alpha value is 0.0900. The fourth-order valence-electron chi connectivity index (χ4n) is 1.38. The van der Waals surface area contributed by atoms with E-state index >= 15 is 0 Å². The predicted molar refractivity (Wildman–Crippen MR) is 49.5 cm³/mol. The molecule has 0 radical (unpaired) electrons. The first-order chi connectivity index (χ1) is 4.75. The summed E-state index contributed by atoms with van der Waals surface area (Å²) in [6.45, 7) is 6.87. The van der Waals surface area contributed by atoms with E-state index in [0.717, 1.165) is 5.92 Å². The van der Waals surface area contributed by atoms with Gasteiger partial charge in [0.15, 0.2) is 0 Å². The van der Waals surface area contributed by atoms with Gasteiger partial charge in [0, 0.05) is 11.5 Å². The van der Waals surface area contributed by atoms with Crippen molar-refractivity contribution in [1.29, 1.82) is 0 Å². The monoisotopic (exact) mass is 156 g/mol. The molecule has 58 valence electrons.